The van der Waals surface area contributed by atoms with Gasteiger partial charge in [-0.25, -0.2) is 0 Å². The number of nitrogens with one attached hydrogen (secondary N) is 1. The van der Waals surface area contributed by atoms with Crippen molar-refractivity contribution in [2.24, 2.45) is 0 Å². The number of benzene rings is 1. The van der Waals surface area contributed by atoms with E-state index in [0.29, 0.717) is 24.0 Å². The van der Waals surface area contributed by atoms with Crippen molar-refractivity contribution in [3.63, 3.8) is 0 Å². The van der Waals surface area contributed by atoms with Crippen molar-refractivity contribution in [1.29, 1.82) is 0 Å². The fourth-order valence-corrected chi connectivity index (χ4v) is 3.11. The van der Waals surface area contributed by atoms with Crippen LogP contribution in [0.5, 0.6) is 0 Å². The van der Waals surface area contributed by atoms with Crippen LogP contribution in [0.25, 0.3) is 11.3 Å². The minimum Gasteiger partial charge on any atom is -0.356 e. The second-order valence-corrected chi connectivity index (χ2v) is 6.48. The summed E-state index contributed by atoms with van der Waals surface area (Å²) < 4.78 is 5.33. The van der Waals surface area contributed by atoms with Crippen molar-refractivity contribution in [3.8, 4) is 11.3 Å². The summed E-state index contributed by atoms with van der Waals surface area (Å²) in [6.07, 6.45) is 4.10. The lowest BCUT2D eigenvalue weighted by molar-refractivity contribution is -0.120. The molecule has 0 spiro atoms. The quantitative estimate of drug-likeness (QED) is 0.886. The maximum Gasteiger partial charge on any atom is 0.226 e. The highest BCUT2D eigenvalue weighted by Crippen LogP contribution is 2.19. The Morgan fingerprint density at radius 1 is 1.25 bits per heavy atom. The van der Waals surface area contributed by atoms with E-state index in [9.17, 15) is 4.79 Å². The van der Waals surface area contributed by atoms with E-state index in [1.807, 2.05) is 36.4 Å². The number of nitrogens with zero attached hydrogens (tertiary/aromatic N) is 2. The summed E-state index contributed by atoms with van der Waals surface area (Å²) in [6, 6.07) is 12.0. The molecule has 2 aromatic rings. The van der Waals surface area contributed by atoms with Gasteiger partial charge in [-0.2, -0.15) is 0 Å². The fraction of sp³-hybridized carbons (Fsp3) is 0.474. The first-order valence-electron chi connectivity index (χ1n) is 8.74. The van der Waals surface area contributed by atoms with E-state index < -0.39 is 0 Å². The zero-order valence-corrected chi connectivity index (χ0v) is 14.2. The molecule has 1 aromatic carbocycles. The van der Waals surface area contributed by atoms with Gasteiger partial charge in [-0.1, -0.05) is 41.9 Å². The van der Waals surface area contributed by atoms with Crippen LogP contribution < -0.4 is 5.32 Å². The number of carbonyl (C=O) groups excluding carboxylic acids is 1. The molecule has 0 radical (unpaired) electrons. The largest absolute Gasteiger partial charge is 0.356 e. The summed E-state index contributed by atoms with van der Waals surface area (Å²) >= 11 is 0. The Morgan fingerprint density at radius 2 is 2.00 bits per heavy atom. The molecule has 1 unspecified atom stereocenters. The van der Waals surface area contributed by atoms with Crippen LogP contribution in [-0.2, 0) is 11.2 Å². The first-order chi connectivity index (χ1) is 11.7. The minimum absolute atomic E-state index is 0.00762. The lowest BCUT2D eigenvalue weighted by Gasteiger charge is -2.32. The standard InChI is InChI=1S/C19H25N3O2/c1-15(22-10-6-3-7-11-22)14-20-19(23)13-17-12-18(24-21-17)16-8-4-2-5-9-16/h2,4-5,8-9,12,15H,3,6-7,10-11,13-14H2,1H3,(H,20,23). The molecule has 1 fully saturated rings. The molecular weight excluding hydrogens is 302 g/mol. The molecular formula is C19H25N3O2. The molecule has 1 aliphatic rings. The molecule has 24 heavy (non-hydrogen) atoms. The number of rotatable bonds is 6. The zero-order valence-electron chi connectivity index (χ0n) is 14.2. The third-order valence-corrected chi connectivity index (χ3v) is 4.57. The molecule has 0 bridgehead atoms. The van der Waals surface area contributed by atoms with Gasteiger partial charge in [0.1, 0.15) is 0 Å². The van der Waals surface area contributed by atoms with Crippen LogP contribution in [0.2, 0.25) is 0 Å². The monoisotopic (exact) mass is 327 g/mol. The normalized spacial score (nSPS) is 16.7. The molecule has 5 heteroatoms. The van der Waals surface area contributed by atoms with Gasteiger partial charge in [0.25, 0.3) is 0 Å². The minimum atomic E-state index is -0.00762. The average Bonchev–Trinajstić information content (AvgIpc) is 3.09. The highest BCUT2D eigenvalue weighted by atomic mass is 16.5. The number of aromatic nitrogens is 1. The summed E-state index contributed by atoms with van der Waals surface area (Å²) in [5.41, 5.74) is 1.63. The summed E-state index contributed by atoms with van der Waals surface area (Å²) in [6.45, 7) is 5.14. The van der Waals surface area contributed by atoms with Gasteiger partial charge in [-0.15, -0.1) is 0 Å². The van der Waals surface area contributed by atoms with E-state index >= 15 is 0 Å². The number of hydrogen-bond donors (Lipinski definition) is 1. The molecule has 0 aliphatic carbocycles. The topological polar surface area (TPSA) is 58.4 Å². The number of likely N-dealkylation sites (tertiary alicyclic amines) is 1. The first-order valence-corrected chi connectivity index (χ1v) is 8.74. The van der Waals surface area contributed by atoms with Gasteiger partial charge in [0.2, 0.25) is 5.91 Å². The van der Waals surface area contributed by atoms with Crippen LogP contribution in [0, 0.1) is 0 Å². The van der Waals surface area contributed by atoms with E-state index in [0.717, 1.165) is 18.7 Å². The predicted octanol–water partition coefficient (Wildman–Crippen LogP) is 2.87. The number of piperidine rings is 1. The van der Waals surface area contributed by atoms with Crippen LogP contribution in [0.1, 0.15) is 31.9 Å². The lowest BCUT2D eigenvalue weighted by atomic mass is 10.1. The van der Waals surface area contributed by atoms with Gasteiger partial charge >= 0.3 is 0 Å². The molecule has 1 saturated heterocycles. The van der Waals surface area contributed by atoms with Gasteiger partial charge < -0.3 is 9.84 Å². The Balaban J connectivity index is 1.47. The van der Waals surface area contributed by atoms with Gasteiger partial charge in [0.15, 0.2) is 5.76 Å². The van der Waals surface area contributed by atoms with Crippen molar-refractivity contribution in [2.45, 2.75) is 38.6 Å². The van der Waals surface area contributed by atoms with Gasteiger partial charge in [0, 0.05) is 24.2 Å². The van der Waals surface area contributed by atoms with E-state index in [2.05, 4.69) is 22.3 Å². The molecule has 1 atom stereocenters. The molecule has 3 rings (SSSR count). The van der Waals surface area contributed by atoms with Gasteiger partial charge in [-0.3, -0.25) is 9.69 Å². The van der Waals surface area contributed by atoms with Crippen LogP contribution in [0.15, 0.2) is 40.9 Å². The second kappa shape index (κ2) is 8.11. The fourth-order valence-electron chi connectivity index (χ4n) is 3.11. The Hall–Kier alpha value is -2.14. The highest BCUT2D eigenvalue weighted by molar-refractivity contribution is 5.78. The SMILES string of the molecule is CC(CNC(=O)Cc1cc(-c2ccccc2)on1)N1CCCCC1. The van der Waals surface area contributed by atoms with Gasteiger partial charge in [0.05, 0.1) is 12.1 Å². The third kappa shape index (κ3) is 4.45. The summed E-state index contributed by atoms with van der Waals surface area (Å²) in [4.78, 5) is 14.6. The second-order valence-electron chi connectivity index (χ2n) is 6.48. The first kappa shape index (κ1) is 16.7. The molecule has 1 N–H and O–H groups in total. The Morgan fingerprint density at radius 3 is 2.75 bits per heavy atom. The number of carbonyl (C=O) groups is 1. The number of amides is 1. The van der Waals surface area contributed by atoms with Crippen molar-refractivity contribution in [2.75, 3.05) is 19.6 Å². The summed E-state index contributed by atoms with van der Waals surface area (Å²) in [5, 5.41) is 7.02. The smallest absolute Gasteiger partial charge is 0.226 e. The molecule has 128 valence electrons. The van der Waals surface area contributed by atoms with Crippen LogP contribution in [0.3, 0.4) is 0 Å². The molecule has 0 saturated carbocycles. The Kier molecular flexibility index (Phi) is 5.64. The highest BCUT2D eigenvalue weighted by Gasteiger charge is 2.17. The van der Waals surface area contributed by atoms with Gasteiger partial charge in [-0.05, 0) is 32.9 Å². The van der Waals surface area contributed by atoms with E-state index in [4.69, 9.17) is 4.52 Å². The van der Waals surface area contributed by atoms with Crippen molar-refractivity contribution < 1.29 is 9.32 Å². The molecule has 1 amide bonds. The zero-order chi connectivity index (χ0) is 16.8. The van der Waals surface area contributed by atoms with Crippen molar-refractivity contribution in [1.82, 2.24) is 15.4 Å². The van der Waals surface area contributed by atoms with E-state index in [1.54, 1.807) is 0 Å². The van der Waals surface area contributed by atoms with Crippen LogP contribution in [-0.4, -0.2) is 41.6 Å². The number of hydrogen-bond acceptors (Lipinski definition) is 4. The Bertz CT molecular complexity index is 648. The maximum absolute atomic E-state index is 12.1. The van der Waals surface area contributed by atoms with Crippen LogP contribution in [0.4, 0.5) is 0 Å². The predicted molar refractivity (Wildman–Crippen MR) is 93.5 cm³/mol. The summed E-state index contributed by atoms with van der Waals surface area (Å²) in [5.74, 6) is 0.687. The Labute approximate surface area is 143 Å². The molecule has 2 heterocycles. The average molecular weight is 327 g/mol. The van der Waals surface area contributed by atoms with E-state index in [-0.39, 0.29) is 12.3 Å². The van der Waals surface area contributed by atoms with Crippen molar-refractivity contribution >= 4 is 5.91 Å². The summed E-state index contributed by atoms with van der Waals surface area (Å²) in [7, 11) is 0. The third-order valence-electron chi connectivity index (χ3n) is 4.57. The van der Waals surface area contributed by atoms with Crippen molar-refractivity contribution in [3.05, 3.63) is 42.1 Å². The molecule has 5 nitrogen and oxygen atoms in total. The molecule has 1 aromatic heterocycles. The molecule has 1 aliphatic heterocycles. The van der Waals surface area contributed by atoms with E-state index in [1.165, 1.54) is 19.3 Å². The maximum atomic E-state index is 12.1. The van der Waals surface area contributed by atoms with Crippen LogP contribution >= 0.6 is 0 Å². The lowest BCUT2D eigenvalue weighted by Crippen LogP contribution is -2.44.